The second-order valence-corrected chi connectivity index (χ2v) is 27.4. The Hall–Kier alpha value is 0.0138. The molecule has 0 bridgehead atoms. The summed E-state index contributed by atoms with van der Waals surface area (Å²) in [5.41, 5.74) is 3.49. The van der Waals surface area contributed by atoms with E-state index >= 15 is 0 Å². The van der Waals surface area contributed by atoms with Crippen molar-refractivity contribution < 1.29 is 14.0 Å². The van der Waals surface area contributed by atoms with Crippen molar-refractivity contribution in [1.29, 1.82) is 0 Å². The SMILES string of the molecule is CCCCCCC[C@@H](/C=C/[C@@H]1CC[C@H](O)[C@H]2CC[C@@H](O[Si](C(C)C)(C(C)C)C(C)C)[C@H](C)N12)O[Si](C(C)C)(C(C)C)C(C)C. The topological polar surface area (TPSA) is 41.9 Å². The van der Waals surface area contributed by atoms with Crippen LogP contribution in [0.4, 0.5) is 0 Å². The largest absolute Gasteiger partial charge is 0.412 e. The first-order chi connectivity index (χ1) is 20.6. The Morgan fingerprint density at radius 2 is 1.23 bits per heavy atom. The fourth-order valence-electron chi connectivity index (χ4n) is 9.93. The molecule has 4 nitrogen and oxygen atoms in total. The van der Waals surface area contributed by atoms with Crippen molar-refractivity contribution in [2.45, 2.75) is 231 Å². The third-order valence-corrected chi connectivity index (χ3v) is 24.2. The van der Waals surface area contributed by atoms with Crippen LogP contribution in [0.5, 0.6) is 0 Å². The first-order valence-corrected chi connectivity index (χ1v) is 23.3. The van der Waals surface area contributed by atoms with Crippen LogP contribution in [0.3, 0.4) is 0 Å². The maximum absolute atomic E-state index is 11.2. The Bertz CT molecular complexity index is 798. The lowest BCUT2D eigenvalue weighted by atomic mass is 9.82. The van der Waals surface area contributed by atoms with Gasteiger partial charge in [0.1, 0.15) is 0 Å². The summed E-state index contributed by atoms with van der Waals surface area (Å²) in [6, 6.07) is 0.855. The van der Waals surface area contributed by atoms with E-state index in [4.69, 9.17) is 8.85 Å². The van der Waals surface area contributed by atoms with Crippen molar-refractivity contribution in [3.63, 3.8) is 0 Å². The first kappa shape index (κ1) is 40.2. The molecule has 0 aromatic rings. The van der Waals surface area contributed by atoms with Gasteiger partial charge in [0.15, 0.2) is 0 Å². The molecule has 2 rings (SSSR count). The number of hydrogen-bond acceptors (Lipinski definition) is 4. The van der Waals surface area contributed by atoms with Crippen molar-refractivity contribution in [2.75, 3.05) is 0 Å². The normalized spacial score (nSPS) is 26.7. The highest BCUT2D eigenvalue weighted by molar-refractivity contribution is 6.78. The molecule has 2 saturated heterocycles. The molecule has 2 aliphatic heterocycles. The van der Waals surface area contributed by atoms with Gasteiger partial charge < -0.3 is 14.0 Å². The molecule has 0 saturated carbocycles. The van der Waals surface area contributed by atoms with E-state index in [1.54, 1.807) is 0 Å². The summed E-state index contributed by atoms with van der Waals surface area (Å²) < 4.78 is 14.9. The molecular formula is C38H77NO3Si2. The Kier molecular flexibility index (Phi) is 16.4. The van der Waals surface area contributed by atoms with E-state index in [9.17, 15) is 5.11 Å². The quantitative estimate of drug-likeness (QED) is 0.0909. The number of aliphatic hydroxyl groups excluding tert-OH is 1. The van der Waals surface area contributed by atoms with Crippen LogP contribution in [-0.2, 0) is 8.85 Å². The van der Waals surface area contributed by atoms with Gasteiger partial charge in [-0.3, -0.25) is 4.90 Å². The molecule has 2 heterocycles. The molecule has 1 N–H and O–H groups in total. The summed E-state index contributed by atoms with van der Waals surface area (Å²) in [6.07, 6.45) is 16.7. The summed E-state index contributed by atoms with van der Waals surface area (Å²) in [5.74, 6) is 0. The van der Waals surface area contributed by atoms with E-state index in [0.717, 1.165) is 32.1 Å². The Labute approximate surface area is 277 Å². The number of piperidine rings is 2. The molecule has 0 amide bonds. The van der Waals surface area contributed by atoms with E-state index in [1.807, 2.05) is 0 Å². The van der Waals surface area contributed by atoms with Crippen LogP contribution >= 0.6 is 0 Å². The van der Waals surface area contributed by atoms with Gasteiger partial charge in [0.05, 0.1) is 18.3 Å². The predicted octanol–water partition coefficient (Wildman–Crippen LogP) is 11.4. The van der Waals surface area contributed by atoms with Gasteiger partial charge in [0.25, 0.3) is 0 Å². The van der Waals surface area contributed by atoms with Gasteiger partial charge in [0, 0.05) is 18.1 Å². The summed E-state index contributed by atoms with van der Waals surface area (Å²) >= 11 is 0. The average molecular weight is 652 g/mol. The zero-order valence-electron chi connectivity index (χ0n) is 31.9. The lowest BCUT2D eigenvalue weighted by Gasteiger charge is -2.55. The third kappa shape index (κ3) is 9.12. The zero-order valence-corrected chi connectivity index (χ0v) is 33.9. The molecule has 0 aromatic carbocycles. The van der Waals surface area contributed by atoms with E-state index < -0.39 is 16.6 Å². The molecule has 0 aliphatic carbocycles. The number of rotatable bonds is 18. The van der Waals surface area contributed by atoms with Gasteiger partial charge in [0.2, 0.25) is 16.6 Å². The lowest BCUT2D eigenvalue weighted by Crippen LogP contribution is -2.64. The van der Waals surface area contributed by atoms with Gasteiger partial charge in [-0.2, -0.15) is 0 Å². The second-order valence-electron chi connectivity index (χ2n) is 16.6. The van der Waals surface area contributed by atoms with Crippen molar-refractivity contribution in [1.82, 2.24) is 4.90 Å². The number of unbranched alkanes of at least 4 members (excludes halogenated alkanes) is 4. The van der Waals surface area contributed by atoms with E-state index in [1.165, 1.54) is 32.1 Å². The number of fused-ring (bicyclic) bond motifs is 1. The average Bonchev–Trinajstić information content (AvgIpc) is 2.93. The summed E-state index contributed by atoms with van der Waals surface area (Å²) in [5, 5.41) is 11.2. The van der Waals surface area contributed by atoms with E-state index in [-0.39, 0.29) is 24.4 Å². The molecule has 0 aromatic heterocycles. The minimum atomic E-state index is -2.00. The predicted molar refractivity (Wildman–Crippen MR) is 198 cm³/mol. The van der Waals surface area contributed by atoms with Gasteiger partial charge in [-0.15, -0.1) is 0 Å². The van der Waals surface area contributed by atoms with Crippen molar-refractivity contribution >= 4 is 16.6 Å². The second kappa shape index (κ2) is 18.0. The molecule has 260 valence electrons. The minimum absolute atomic E-state index is 0.177. The Morgan fingerprint density at radius 1 is 0.705 bits per heavy atom. The van der Waals surface area contributed by atoms with Crippen LogP contribution in [0.2, 0.25) is 33.2 Å². The van der Waals surface area contributed by atoms with Crippen LogP contribution in [0, 0.1) is 0 Å². The van der Waals surface area contributed by atoms with Gasteiger partial charge >= 0.3 is 0 Å². The van der Waals surface area contributed by atoms with Crippen LogP contribution in [0.1, 0.15) is 161 Å². The standard InChI is InChI=1S/C38H77NO3Si2/c1-15-16-17-18-19-20-35(41-43(27(2)3,28(4)5)29(6)7)23-21-34-22-25-37(40)36-24-26-38(33(14)39(34)36)42-44(30(8)9,31(10)11)32(12)13/h21,23,27-38,40H,15-20,22,24-26H2,1-14H3/b23-21+/t33-,34+,35-,36+,37-,38+/m0/s1. The molecular weight excluding hydrogens is 575 g/mol. The molecule has 0 radical (unpaired) electrons. The van der Waals surface area contributed by atoms with Gasteiger partial charge in [-0.1, -0.05) is 134 Å². The maximum atomic E-state index is 11.2. The van der Waals surface area contributed by atoms with Gasteiger partial charge in [-0.25, -0.2) is 0 Å². The van der Waals surface area contributed by atoms with Crippen LogP contribution < -0.4 is 0 Å². The highest BCUT2D eigenvalue weighted by Gasteiger charge is 2.51. The van der Waals surface area contributed by atoms with Crippen molar-refractivity contribution in [3.05, 3.63) is 12.2 Å². The minimum Gasteiger partial charge on any atom is -0.412 e. The summed E-state index contributed by atoms with van der Waals surface area (Å²) in [6.45, 7) is 33.5. The molecule has 2 aliphatic rings. The molecule has 6 heteroatoms. The number of aliphatic hydroxyl groups is 1. The zero-order chi connectivity index (χ0) is 33.4. The van der Waals surface area contributed by atoms with Gasteiger partial charge in [-0.05, 0) is 72.3 Å². The highest BCUT2D eigenvalue weighted by atomic mass is 28.4. The fraction of sp³-hybridized carbons (Fsp3) is 0.947. The van der Waals surface area contributed by atoms with E-state index in [2.05, 4.69) is 114 Å². The van der Waals surface area contributed by atoms with Crippen molar-refractivity contribution in [2.24, 2.45) is 0 Å². The highest BCUT2D eigenvalue weighted by Crippen LogP contribution is 2.46. The molecule has 0 unspecified atom stereocenters. The van der Waals surface area contributed by atoms with Crippen molar-refractivity contribution in [3.8, 4) is 0 Å². The smallest absolute Gasteiger partial charge is 0.201 e. The molecule has 2 fully saturated rings. The molecule has 6 atom stereocenters. The first-order valence-electron chi connectivity index (χ1n) is 19.1. The summed E-state index contributed by atoms with van der Waals surface area (Å²) in [7, 11) is -4.00. The maximum Gasteiger partial charge on any atom is 0.201 e. The lowest BCUT2D eigenvalue weighted by molar-refractivity contribution is -0.0908. The van der Waals surface area contributed by atoms with Crippen LogP contribution in [0.25, 0.3) is 0 Å². The van der Waals surface area contributed by atoms with Crippen LogP contribution in [-0.4, -0.2) is 63.1 Å². The third-order valence-electron chi connectivity index (χ3n) is 12.0. The van der Waals surface area contributed by atoms with Crippen LogP contribution in [0.15, 0.2) is 12.2 Å². The number of hydrogen-bond donors (Lipinski definition) is 1. The number of nitrogens with zero attached hydrogens (tertiary/aromatic N) is 1. The Morgan fingerprint density at radius 3 is 1.73 bits per heavy atom. The summed E-state index contributed by atoms with van der Waals surface area (Å²) in [4.78, 5) is 2.68. The fourth-order valence-corrected chi connectivity index (χ4v) is 21.1. The molecule has 44 heavy (non-hydrogen) atoms. The monoisotopic (exact) mass is 652 g/mol. The van der Waals surface area contributed by atoms with E-state index in [0.29, 0.717) is 45.3 Å². The molecule has 0 spiro atoms. The Balaban J connectivity index is 2.39.